The van der Waals surface area contributed by atoms with Gasteiger partial charge in [-0.1, -0.05) is 6.92 Å². The van der Waals surface area contributed by atoms with Gasteiger partial charge in [0.05, 0.1) is 17.9 Å². The summed E-state index contributed by atoms with van der Waals surface area (Å²) >= 11 is 0. The van der Waals surface area contributed by atoms with E-state index in [1.54, 1.807) is 12.4 Å². The van der Waals surface area contributed by atoms with Gasteiger partial charge in [-0.15, -0.1) is 0 Å². The van der Waals surface area contributed by atoms with Crippen LogP contribution in [0.25, 0.3) is 0 Å². The van der Waals surface area contributed by atoms with Gasteiger partial charge in [0.1, 0.15) is 0 Å². The molecule has 2 aromatic heterocycles. The zero-order valence-corrected chi connectivity index (χ0v) is 10.2. The Hall–Kier alpha value is -1.75. The third kappa shape index (κ3) is 2.88. The summed E-state index contributed by atoms with van der Waals surface area (Å²) in [6, 6.07) is 4.08. The van der Waals surface area contributed by atoms with E-state index in [-0.39, 0.29) is 6.04 Å². The van der Waals surface area contributed by atoms with Crippen LogP contribution in [0, 0.1) is 0 Å². The number of aryl methyl sites for hydroxylation is 1. The molecule has 2 heterocycles. The Morgan fingerprint density at radius 3 is 2.82 bits per heavy atom. The maximum atomic E-state index is 4.45. The van der Waals surface area contributed by atoms with Crippen molar-refractivity contribution in [1.29, 1.82) is 0 Å². The predicted octanol–water partition coefficient (Wildman–Crippen LogP) is 1.30. The third-order valence-corrected chi connectivity index (χ3v) is 2.57. The fraction of sp³-hybridized carbons (Fsp3) is 0.417. The molecule has 0 fully saturated rings. The van der Waals surface area contributed by atoms with E-state index in [1.807, 2.05) is 30.1 Å². The van der Waals surface area contributed by atoms with Crippen LogP contribution in [0.15, 0.2) is 30.7 Å². The minimum atomic E-state index is 0.0895. The number of nitrogens with one attached hydrogen (secondary N) is 1. The summed E-state index contributed by atoms with van der Waals surface area (Å²) < 4.78 is 1.81. The standard InChI is InChI=1S/C12H17N5/c1-3-6-13-12(10-4-7-14-15-9-10)11-5-8-17(2)16-11/h4-5,7-9,12-13H,3,6H2,1-2H3. The molecule has 5 nitrogen and oxygen atoms in total. The lowest BCUT2D eigenvalue weighted by Gasteiger charge is -2.16. The first-order chi connectivity index (χ1) is 8.31. The summed E-state index contributed by atoms with van der Waals surface area (Å²) in [5, 5.41) is 15.6. The Morgan fingerprint density at radius 1 is 1.35 bits per heavy atom. The quantitative estimate of drug-likeness (QED) is 0.842. The van der Waals surface area contributed by atoms with Gasteiger partial charge in [-0.05, 0) is 30.7 Å². The molecule has 1 unspecified atom stereocenters. The first-order valence-electron chi connectivity index (χ1n) is 5.80. The average Bonchev–Trinajstić information content (AvgIpc) is 2.78. The number of hydrogen-bond acceptors (Lipinski definition) is 4. The molecule has 2 aromatic rings. The highest BCUT2D eigenvalue weighted by Crippen LogP contribution is 2.18. The molecule has 0 bridgehead atoms. The van der Waals surface area contributed by atoms with E-state index >= 15 is 0 Å². The van der Waals surface area contributed by atoms with Gasteiger partial charge in [0.2, 0.25) is 0 Å². The lowest BCUT2D eigenvalue weighted by molar-refractivity contribution is 0.573. The molecular formula is C12H17N5. The Kier molecular flexibility index (Phi) is 3.82. The van der Waals surface area contributed by atoms with Gasteiger partial charge in [-0.3, -0.25) is 4.68 Å². The molecule has 0 aromatic carbocycles. The van der Waals surface area contributed by atoms with E-state index < -0.39 is 0 Å². The van der Waals surface area contributed by atoms with Crippen LogP contribution in [0.3, 0.4) is 0 Å². The second kappa shape index (κ2) is 5.54. The monoisotopic (exact) mass is 231 g/mol. The molecule has 0 amide bonds. The average molecular weight is 231 g/mol. The summed E-state index contributed by atoms with van der Waals surface area (Å²) in [6.45, 7) is 3.09. The number of hydrogen-bond donors (Lipinski definition) is 1. The molecule has 17 heavy (non-hydrogen) atoms. The summed E-state index contributed by atoms with van der Waals surface area (Å²) in [6.07, 6.45) is 6.52. The first-order valence-corrected chi connectivity index (χ1v) is 5.80. The molecule has 0 aliphatic rings. The van der Waals surface area contributed by atoms with Crippen molar-refractivity contribution in [2.45, 2.75) is 19.4 Å². The number of nitrogens with zero attached hydrogens (tertiary/aromatic N) is 4. The Morgan fingerprint density at radius 2 is 2.24 bits per heavy atom. The van der Waals surface area contributed by atoms with Crippen LogP contribution in [0.4, 0.5) is 0 Å². The minimum absolute atomic E-state index is 0.0895. The molecule has 0 saturated heterocycles. The highest BCUT2D eigenvalue weighted by molar-refractivity contribution is 5.23. The van der Waals surface area contributed by atoms with Crippen molar-refractivity contribution < 1.29 is 0 Å². The van der Waals surface area contributed by atoms with Crippen molar-refractivity contribution in [3.05, 3.63) is 42.0 Å². The molecule has 1 N–H and O–H groups in total. The van der Waals surface area contributed by atoms with Gasteiger partial charge >= 0.3 is 0 Å². The zero-order valence-electron chi connectivity index (χ0n) is 10.2. The smallest absolute Gasteiger partial charge is 0.0839 e. The molecular weight excluding hydrogens is 214 g/mol. The highest BCUT2D eigenvalue weighted by Gasteiger charge is 2.15. The van der Waals surface area contributed by atoms with E-state index in [2.05, 4.69) is 27.5 Å². The fourth-order valence-electron chi connectivity index (χ4n) is 1.74. The van der Waals surface area contributed by atoms with E-state index in [0.717, 1.165) is 24.2 Å². The molecule has 0 spiro atoms. The van der Waals surface area contributed by atoms with Crippen LogP contribution in [-0.2, 0) is 7.05 Å². The maximum absolute atomic E-state index is 4.45. The van der Waals surface area contributed by atoms with Crippen LogP contribution in [0.5, 0.6) is 0 Å². The van der Waals surface area contributed by atoms with Crippen molar-refractivity contribution >= 4 is 0 Å². The predicted molar refractivity (Wildman–Crippen MR) is 65.4 cm³/mol. The second-order valence-corrected chi connectivity index (χ2v) is 3.98. The summed E-state index contributed by atoms with van der Waals surface area (Å²) in [5.74, 6) is 0. The maximum Gasteiger partial charge on any atom is 0.0839 e. The van der Waals surface area contributed by atoms with Crippen LogP contribution < -0.4 is 5.32 Å². The number of aromatic nitrogens is 4. The largest absolute Gasteiger partial charge is 0.305 e. The fourth-order valence-corrected chi connectivity index (χ4v) is 1.74. The Balaban J connectivity index is 2.25. The van der Waals surface area contributed by atoms with Crippen LogP contribution in [-0.4, -0.2) is 26.5 Å². The van der Waals surface area contributed by atoms with Gasteiger partial charge in [0.15, 0.2) is 0 Å². The lowest BCUT2D eigenvalue weighted by Crippen LogP contribution is -2.24. The Bertz CT molecular complexity index is 451. The topological polar surface area (TPSA) is 55.6 Å². The van der Waals surface area contributed by atoms with Crippen molar-refractivity contribution in [1.82, 2.24) is 25.3 Å². The van der Waals surface area contributed by atoms with Gasteiger partial charge in [-0.2, -0.15) is 15.3 Å². The van der Waals surface area contributed by atoms with Gasteiger partial charge < -0.3 is 5.32 Å². The van der Waals surface area contributed by atoms with Crippen LogP contribution in [0.1, 0.15) is 30.6 Å². The molecule has 1 atom stereocenters. The SMILES string of the molecule is CCCNC(c1ccnnc1)c1ccn(C)n1. The second-order valence-electron chi connectivity index (χ2n) is 3.98. The molecule has 90 valence electrons. The molecule has 5 heteroatoms. The lowest BCUT2D eigenvalue weighted by atomic mass is 10.1. The van der Waals surface area contributed by atoms with Gasteiger partial charge in [0.25, 0.3) is 0 Å². The van der Waals surface area contributed by atoms with Gasteiger partial charge in [-0.25, -0.2) is 0 Å². The van der Waals surface area contributed by atoms with Crippen molar-refractivity contribution in [2.24, 2.45) is 7.05 Å². The van der Waals surface area contributed by atoms with Crippen molar-refractivity contribution in [2.75, 3.05) is 6.54 Å². The Labute approximate surface area is 101 Å². The molecule has 0 radical (unpaired) electrons. The van der Waals surface area contributed by atoms with E-state index in [9.17, 15) is 0 Å². The van der Waals surface area contributed by atoms with Crippen LogP contribution in [0.2, 0.25) is 0 Å². The molecule has 0 aliphatic heterocycles. The first kappa shape index (κ1) is 11.7. The summed E-state index contributed by atoms with van der Waals surface area (Å²) in [4.78, 5) is 0. The zero-order chi connectivity index (χ0) is 12.1. The van der Waals surface area contributed by atoms with Crippen molar-refractivity contribution in [3.8, 4) is 0 Å². The van der Waals surface area contributed by atoms with E-state index in [0.29, 0.717) is 0 Å². The number of rotatable bonds is 5. The van der Waals surface area contributed by atoms with E-state index in [1.165, 1.54) is 0 Å². The molecule has 0 aliphatic carbocycles. The molecule has 2 rings (SSSR count). The normalized spacial score (nSPS) is 12.6. The highest BCUT2D eigenvalue weighted by atomic mass is 15.3. The summed E-state index contributed by atoms with van der Waals surface area (Å²) in [5.41, 5.74) is 2.10. The molecule has 0 saturated carbocycles. The van der Waals surface area contributed by atoms with Crippen molar-refractivity contribution in [3.63, 3.8) is 0 Å². The third-order valence-electron chi connectivity index (χ3n) is 2.57. The summed E-state index contributed by atoms with van der Waals surface area (Å²) in [7, 11) is 1.92. The van der Waals surface area contributed by atoms with Crippen LogP contribution >= 0.6 is 0 Å². The van der Waals surface area contributed by atoms with Gasteiger partial charge in [0, 0.05) is 19.4 Å². The minimum Gasteiger partial charge on any atom is -0.305 e. The van der Waals surface area contributed by atoms with E-state index in [4.69, 9.17) is 0 Å².